The molecule has 2 aromatic rings. The van der Waals surface area contributed by atoms with Gasteiger partial charge in [0, 0.05) is 34.9 Å². The Labute approximate surface area is 184 Å². The van der Waals surface area contributed by atoms with E-state index in [-0.39, 0.29) is 25.0 Å². The predicted octanol–water partition coefficient (Wildman–Crippen LogP) is 3.90. The molecule has 1 N–H and O–H groups in total. The molecule has 0 bridgehead atoms. The van der Waals surface area contributed by atoms with E-state index < -0.39 is 15.9 Å². The number of halogens is 2. The van der Waals surface area contributed by atoms with Gasteiger partial charge in [0.05, 0.1) is 11.7 Å². The maximum atomic E-state index is 12.9. The van der Waals surface area contributed by atoms with Crippen molar-refractivity contribution in [3.63, 3.8) is 0 Å². The van der Waals surface area contributed by atoms with Crippen molar-refractivity contribution in [3.8, 4) is 11.5 Å². The third-order valence-electron chi connectivity index (χ3n) is 5.14. The van der Waals surface area contributed by atoms with Gasteiger partial charge in [-0.25, -0.2) is 12.7 Å². The predicted molar refractivity (Wildman–Crippen MR) is 115 cm³/mol. The first-order valence-electron chi connectivity index (χ1n) is 9.44. The molecule has 1 amide bonds. The summed E-state index contributed by atoms with van der Waals surface area (Å²) in [6.45, 7) is 0.658. The Morgan fingerprint density at radius 2 is 1.93 bits per heavy atom. The number of carbonyl (C=O) groups is 1. The molecule has 30 heavy (non-hydrogen) atoms. The molecular weight excluding hydrogens is 451 g/mol. The molecule has 0 unspecified atom stereocenters. The lowest BCUT2D eigenvalue weighted by atomic mass is 9.98. The fourth-order valence-corrected chi connectivity index (χ4v) is 5.75. The lowest BCUT2D eigenvalue weighted by Crippen LogP contribution is -2.44. The molecule has 0 saturated carbocycles. The number of anilines is 1. The number of carbonyl (C=O) groups excluding carboxylic acids is 1. The van der Waals surface area contributed by atoms with E-state index in [0.717, 1.165) is 0 Å². The summed E-state index contributed by atoms with van der Waals surface area (Å²) >= 11 is 12.0. The second-order valence-electron chi connectivity index (χ2n) is 7.25. The van der Waals surface area contributed by atoms with Crippen LogP contribution in [0.15, 0.2) is 36.4 Å². The lowest BCUT2D eigenvalue weighted by molar-refractivity contribution is -0.120. The van der Waals surface area contributed by atoms with Crippen LogP contribution < -0.4 is 14.8 Å². The molecular formula is C20H20Cl2N2O5S. The number of ether oxygens (including phenoxy) is 2. The van der Waals surface area contributed by atoms with Crippen LogP contribution in [0, 0.1) is 5.92 Å². The molecule has 160 valence electrons. The summed E-state index contributed by atoms with van der Waals surface area (Å²) in [5, 5.41) is 3.60. The number of sulfonamides is 1. The third kappa shape index (κ3) is 4.67. The highest BCUT2D eigenvalue weighted by molar-refractivity contribution is 7.88. The highest BCUT2D eigenvalue weighted by atomic mass is 35.5. The summed E-state index contributed by atoms with van der Waals surface area (Å²) < 4.78 is 37.8. The second-order valence-corrected chi connectivity index (χ2v) is 10.1. The van der Waals surface area contributed by atoms with Crippen molar-refractivity contribution in [2.24, 2.45) is 5.92 Å². The number of amides is 1. The van der Waals surface area contributed by atoms with Crippen LogP contribution in [0.25, 0.3) is 0 Å². The Balaban J connectivity index is 1.42. The van der Waals surface area contributed by atoms with Crippen LogP contribution in [-0.2, 0) is 20.6 Å². The van der Waals surface area contributed by atoms with E-state index in [9.17, 15) is 13.2 Å². The first kappa shape index (κ1) is 21.2. The van der Waals surface area contributed by atoms with Gasteiger partial charge in [0.2, 0.25) is 22.7 Å². The maximum Gasteiger partial charge on any atom is 0.231 e. The number of fused-ring (bicyclic) bond motifs is 1. The molecule has 0 radical (unpaired) electrons. The monoisotopic (exact) mass is 470 g/mol. The van der Waals surface area contributed by atoms with Crippen molar-refractivity contribution in [1.82, 2.24) is 4.31 Å². The Kier molecular flexibility index (Phi) is 6.11. The first-order valence-corrected chi connectivity index (χ1v) is 11.8. The van der Waals surface area contributed by atoms with Crippen molar-refractivity contribution in [2.75, 3.05) is 25.2 Å². The highest BCUT2D eigenvalue weighted by Gasteiger charge is 2.33. The summed E-state index contributed by atoms with van der Waals surface area (Å²) in [5.41, 5.74) is 1.06. The Bertz CT molecular complexity index is 1080. The van der Waals surface area contributed by atoms with E-state index in [0.29, 0.717) is 52.2 Å². The van der Waals surface area contributed by atoms with Gasteiger partial charge in [0.25, 0.3) is 0 Å². The maximum absolute atomic E-state index is 12.9. The molecule has 2 aliphatic heterocycles. The first-order chi connectivity index (χ1) is 14.3. The minimum atomic E-state index is -3.63. The average molecular weight is 471 g/mol. The number of piperidine rings is 1. The van der Waals surface area contributed by atoms with Crippen molar-refractivity contribution in [1.29, 1.82) is 0 Å². The van der Waals surface area contributed by atoms with Crippen LogP contribution >= 0.6 is 23.2 Å². The standard InChI is InChI=1S/C20H20Cl2N2O5S/c21-15-4-3-14(17(22)8-15)11-30(26,27)24-7-1-2-13(10-24)20(25)23-16-5-6-18-19(9-16)29-12-28-18/h3-6,8-9,13H,1-2,7,10-12H2,(H,23,25)/t13-/m1/s1. The van der Waals surface area contributed by atoms with Crippen LogP contribution in [0.3, 0.4) is 0 Å². The molecule has 2 heterocycles. The van der Waals surface area contributed by atoms with Crippen molar-refractivity contribution >= 4 is 44.8 Å². The van der Waals surface area contributed by atoms with E-state index in [1.807, 2.05) is 0 Å². The zero-order valence-electron chi connectivity index (χ0n) is 15.9. The fourth-order valence-electron chi connectivity index (χ4n) is 3.55. The summed E-state index contributed by atoms with van der Waals surface area (Å²) in [5.74, 6) is 0.293. The van der Waals surface area contributed by atoms with Gasteiger partial charge < -0.3 is 14.8 Å². The van der Waals surface area contributed by atoms with Gasteiger partial charge in [0.1, 0.15) is 0 Å². The topological polar surface area (TPSA) is 84.9 Å². The molecule has 2 aromatic carbocycles. The summed E-state index contributed by atoms with van der Waals surface area (Å²) in [4.78, 5) is 12.7. The summed E-state index contributed by atoms with van der Waals surface area (Å²) in [6.07, 6.45) is 1.22. The van der Waals surface area contributed by atoms with Gasteiger partial charge in [-0.1, -0.05) is 29.3 Å². The van der Waals surface area contributed by atoms with Gasteiger partial charge >= 0.3 is 0 Å². The van der Waals surface area contributed by atoms with Crippen LogP contribution in [0.1, 0.15) is 18.4 Å². The molecule has 1 fully saturated rings. The van der Waals surface area contributed by atoms with Crippen molar-refractivity contribution in [3.05, 3.63) is 52.0 Å². The van der Waals surface area contributed by atoms with Crippen molar-refractivity contribution < 1.29 is 22.7 Å². The molecule has 1 saturated heterocycles. The zero-order chi connectivity index (χ0) is 21.3. The van der Waals surface area contributed by atoms with E-state index in [4.69, 9.17) is 32.7 Å². The minimum absolute atomic E-state index is 0.129. The van der Waals surface area contributed by atoms with Crippen LogP contribution in [-0.4, -0.2) is 38.5 Å². The Morgan fingerprint density at radius 1 is 1.13 bits per heavy atom. The fraction of sp³-hybridized carbons (Fsp3) is 0.350. The van der Waals surface area contributed by atoms with Crippen LogP contribution in [0.5, 0.6) is 11.5 Å². The van der Waals surface area contributed by atoms with Gasteiger partial charge in [-0.2, -0.15) is 0 Å². The van der Waals surface area contributed by atoms with Crippen molar-refractivity contribution in [2.45, 2.75) is 18.6 Å². The average Bonchev–Trinajstić information content (AvgIpc) is 3.18. The normalized spacial score (nSPS) is 18.9. The highest BCUT2D eigenvalue weighted by Crippen LogP contribution is 2.34. The lowest BCUT2D eigenvalue weighted by Gasteiger charge is -2.31. The van der Waals surface area contributed by atoms with E-state index in [2.05, 4.69) is 5.32 Å². The summed E-state index contributed by atoms with van der Waals surface area (Å²) in [6, 6.07) is 9.88. The second kappa shape index (κ2) is 8.63. The molecule has 0 spiro atoms. The number of nitrogens with zero attached hydrogens (tertiary/aromatic N) is 1. The van der Waals surface area contributed by atoms with Gasteiger partial charge in [-0.15, -0.1) is 0 Å². The summed E-state index contributed by atoms with van der Waals surface area (Å²) in [7, 11) is -3.63. The molecule has 0 aromatic heterocycles. The Morgan fingerprint density at radius 3 is 2.73 bits per heavy atom. The Hall–Kier alpha value is -2.00. The number of rotatable bonds is 5. The van der Waals surface area contributed by atoms with Gasteiger partial charge in [-0.05, 0) is 42.7 Å². The van der Waals surface area contributed by atoms with Crippen LogP contribution in [0.2, 0.25) is 10.0 Å². The number of hydrogen-bond donors (Lipinski definition) is 1. The van der Waals surface area contributed by atoms with E-state index in [1.165, 1.54) is 10.4 Å². The quantitative estimate of drug-likeness (QED) is 0.715. The molecule has 1 atom stereocenters. The van der Waals surface area contributed by atoms with Crippen LogP contribution in [0.4, 0.5) is 5.69 Å². The number of benzene rings is 2. The zero-order valence-corrected chi connectivity index (χ0v) is 18.3. The number of nitrogens with one attached hydrogen (secondary N) is 1. The van der Waals surface area contributed by atoms with E-state index in [1.54, 1.807) is 30.3 Å². The largest absolute Gasteiger partial charge is 0.454 e. The smallest absolute Gasteiger partial charge is 0.231 e. The third-order valence-corrected chi connectivity index (χ3v) is 7.52. The van der Waals surface area contributed by atoms with E-state index >= 15 is 0 Å². The SMILES string of the molecule is O=C(Nc1ccc2c(c1)OCO2)[C@@H]1CCCN(S(=O)(=O)Cc2ccc(Cl)cc2Cl)C1. The van der Waals surface area contributed by atoms with Gasteiger partial charge in [-0.3, -0.25) is 4.79 Å². The molecule has 2 aliphatic rings. The molecule has 7 nitrogen and oxygen atoms in total. The molecule has 4 rings (SSSR count). The minimum Gasteiger partial charge on any atom is -0.454 e. The molecule has 10 heteroatoms. The number of hydrogen-bond acceptors (Lipinski definition) is 5. The molecule has 0 aliphatic carbocycles. The van der Waals surface area contributed by atoms with Gasteiger partial charge in [0.15, 0.2) is 11.5 Å².